The number of carbonyl (C=O) groups is 2. The molecule has 1 unspecified atom stereocenters. The Balaban J connectivity index is 1.44. The van der Waals surface area contributed by atoms with Crippen LogP contribution in [-0.4, -0.2) is 41.3 Å². The van der Waals surface area contributed by atoms with Crippen LogP contribution in [0.2, 0.25) is 0 Å². The van der Waals surface area contributed by atoms with Crippen LogP contribution >= 0.6 is 11.3 Å². The molecule has 0 saturated carbocycles. The van der Waals surface area contributed by atoms with Crippen molar-refractivity contribution in [1.82, 2.24) is 9.88 Å². The van der Waals surface area contributed by atoms with E-state index in [9.17, 15) is 9.59 Å². The third kappa shape index (κ3) is 3.69. The van der Waals surface area contributed by atoms with Crippen molar-refractivity contribution in [3.63, 3.8) is 0 Å². The highest BCUT2D eigenvalue weighted by Crippen LogP contribution is 2.31. The molecule has 6 nitrogen and oxygen atoms in total. The second-order valence-corrected chi connectivity index (χ2v) is 8.47. The fourth-order valence-electron chi connectivity index (χ4n) is 3.97. The number of benzene rings is 1. The Kier molecular flexibility index (Phi) is 5.46. The molecule has 28 heavy (non-hydrogen) atoms. The molecule has 3 heterocycles. The third-order valence-corrected chi connectivity index (χ3v) is 6.64. The summed E-state index contributed by atoms with van der Waals surface area (Å²) in [5, 5.41) is 3.63. The number of para-hydroxylation sites is 1. The van der Waals surface area contributed by atoms with Crippen molar-refractivity contribution in [3.05, 3.63) is 40.4 Å². The molecule has 0 bridgehead atoms. The monoisotopic (exact) mass is 398 g/mol. The highest BCUT2D eigenvalue weighted by atomic mass is 32.1. The molecular formula is C21H26N4O2S. The lowest BCUT2D eigenvalue weighted by Crippen LogP contribution is -2.29. The fraction of sp³-hybridized carbons (Fsp3) is 0.476. The fourth-order valence-corrected chi connectivity index (χ4v) is 5.02. The van der Waals surface area contributed by atoms with E-state index in [1.165, 1.54) is 4.88 Å². The number of carbonyl (C=O) groups excluding carboxylic acids is 2. The van der Waals surface area contributed by atoms with Crippen LogP contribution in [-0.2, 0) is 29.0 Å². The van der Waals surface area contributed by atoms with Crippen molar-refractivity contribution in [2.45, 2.75) is 39.7 Å². The maximum atomic E-state index is 12.8. The molecule has 2 aromatic rings. The van der Waals surface area contributed by atoms with E-state index in [0.29, 0.717) is 11.7 Å². The Morgan fingerprint density at radius 1 is 1.32 bits per heavy atom. The van der Waals surface area contributed by atoms with Crippen LogP contribution in [0.25, 0.3) is 0 Å². The topological polar surface area (TPSA) is 65.5 Å². The molecule has 1 aromatic heterocycles. The first kappa shape index (κ1) is 19.1. The van der Waals surface area contributed by atoms with Gasteiger partial charge in [0.25, 0.3) is 0 Å². The van der Waals surface area contributed by atoms with E-state index in [4.69, 9.17) is 0 Å². The summed E-state index contributed by atoms with van der Waals surface area (Å²) in [7, 11) is 0. The molecule has 1 fully saturated rings. The minimum absolute atomic E-state index is 0.0121. The average Bonchev–Trinajstić information content (AvgIpc) is 3.29. The summed E-state index contributed by atoms with van der Waals surface area (Å²) >= 11 is 1.56. The van der Waals surface area contributed by atoms with Gasteiger partial charge in [-0.05, 0) is 24.6 Å². The molecule has 2 amide bonds. The molecule has 4 rings (SSSR count). The van der Waals surface area contributed by atoms with Crippen LogP contribution < -0.4 is 10.2 Å². The Labute approximate surface area is 169 Å². The first-order valence-corrected chi connectivity index (χ1v) is 10.8. The van der Waals surface area contributed by atoms with E-state index in [1.807, 2.05) is 24.3 Å². The third-order valence-electron chi connectivity index (χ3n) is 5.65. The summed E-state index contributed by atoms with van der Waals surface area (Å²) in [6, 6.07) is 7.92. The Bertz CT molecular complexity index is 894. The Morgan fingerprint density at radius 3 is 2.93 bits per heavy atom. The van der Waals surface area contributed by atoms with Crippen molar-refractivity contribution in [1.29, 1.82) is 0 Å². The van der Waals surface area contributed by atoms with Crippen LogP contribution in [0.4, 0.5) is 10.8 Å². The van der Waals surface area contributed by atoms with E-state index >= 15 is 0 Å². The number of aromatic nitrogens is 1. The highest BCUT2D eigenvalue weighted by molar-refractivity contribution is 7.15. The lowest BCUT2D eigenvalue weighted by Gasteiger charge is -2.23. The summed E-state index contributed by atoms with van der Waals surface area (Å²) in [5.74, 6) is -0.438. The zero-order valence-corrected chi connectivity index (χ0v) is 17.2. The first-order valence-electron chi connectivity index (χ1n) is 9.99. The number of hydrogen-bond acceptors (Lipinski definition) is 5. The van der Waals surface area contributed by atoms with E-state index < -0.39 is 0 Å². The number of amides is 2. The van der Waals surface area contributed by atoms with Gasteiger partial charge in [-0.15, -0.1) is 11.3 Å². The molecule has 2 aliphatic rings. The van der Waals surface area contributed by atoms with E-state index in [1.54, 1.807) is 16.2 Å². The molecule has 0 radical (unpaired) electrons. The predicted molar refractivity (Wildman–Crippen MR) is 112 cm³/mol. The van der Waals surface area contributed by atoms with Gasteiger partial charge in [0.1, 0.15) is 0 Å². The van der Waals surface area contributed by atoms with Crippen LogP contribution in [0.1, 0.15) is 36.4 Å². The van der Waals surface area contributed by atoms with Crippen molar-refractivity contribution < 1.29 is 9.59 Å². The summed E-state index contributed by atoms with van der Waals surface area (Å²) < 4.78 is 0. The van der Waals surface area contributed by atoms with Gasteiger partial charge in [0.2, 0.25) is 11.8 Å². The molecule has 7 heteroatoms. The van der Waals surface area contributed by atoms with Crippen LogP contribution in [0.15, 0.2) is 24.3 Å². The lowest BCUT2D eigenvalue weighted by molar-refractivity contribution is -0.122. The molecule has 2 aliphatic heterocycles. The van der Waals surface area contributed by atoms with Crippen molar-refractivity contribution in [2.75, 3.05) is 29.9 Å². The molecule has 1 saturated heterocycles. The molecule has 0 aliphatic carbocycles. The zero-order valence-electron chi connectivity index (χ0n) is 16.4. The number of rotatable bonds is 5. The van der Waals surface area contributed by atoms with E-state index in [0.717, 1.165) is 49.4 Å². The minimum Gasteiger partial charge on any atom is -0.311 e. The van der Waals surface area contributed by atoms with Gasteiger partial charge in [0.15, 0.2) is 5.13 Å². The number of aryl methyl sites for hydroxylation is 1. The number of hydrogen-bond donors (Lipinski definition) is 1. The van der Waals surface area contributed by atoms with Crippen LogP contribution in [0.3, 0.4) is 0 Å². The molecule has 1 N–H and O–H groups in total. The number of likely N-dealkylation sites (N-methyl/N-ethyl adjacent to an activating group) is 1. The second kappa shape index (κ2) is 8.01. The maximum Gasteiger partial charge on any atom is 0.231 e. The van der Waals surface area contributed by atoms with Gasteiger partial charge in [-0.3, -0.25) is 14.5 Å². The molecule has 0 spiro atoms. The molecule has 148 valence electrons. The van der Waals surface area contributed by atoms with Gasteiger partial charge < -0.3 is 10.2 Å². The van der Waals surface area contributed by atoms with Crippen molar-refractivity contribution in [3.8, 4) is 0 Å². The second-order valence-electron chi connectivity index (χ2n) is 7.38. The normalized spacial score (nSPS) is 19.7. The Morgan fingerprint density at radius 2 is 2.14 bits per heavy atom. The van der Waals surface area contributed by atoms with E-state index in [2.05, 4.69) is 29.0 Å². The number of nitrogens with zero attached hydrogens (tertiary/aromatic N) is 3. The lowest BCUT2D eigenvalue weighted by atomic mass is 10.1. The van der Waals surface area contributed by atoms with Gasteiger partial charge in [-0.25, -0.2) is 4.98 Å². The quantitative estimate of drug-likeness (QED) is 0.841. The van der Waals surface area contributed by atoms with Crippen molar-refractivity contribution in [2.24, 2.45) is 5.92 Å². The van der Waals surface area contributed by atoms with Crippen LogP contribution in [0, 0.1) is 5.92 Å². The summed E-state index contributed by atoms with van der Waals surface area (Å²) in [4.78, 5) is 35.4. The van der Waals surface area contributed by atoms with E-state index in [-0.39, 0.29) is 24.2 Å². The molecule has 1 aromatic carbocycles. The van der Waals surface area contributed by atoms with Gasteiger partial charge in [-0.1, -0.05) is 32.0 Å². The highest BCUT2D eigenvalue weighted by Gasteiger charge is 2.36. The zero-order chi connectivity index (χ0) is 19.7. The first-order chi connectivity index (χ1) is 13.6. The number of thiazole rings is 1. The SMILES string of the molecule is CCc1ccccc1N1CC(C(=O)Nc2nc3c(s2)CN(CC)CC3)CC1=O. The smallest absolute Gasteiger partial charge is 0.231 e. The maximum absolute atomic E-state index is 12.8. The average molecular weight is 399 g/mol. The Hall–Kier alpha value is -2.25. The summed E-state index contributed by atoms with van der Waals surface area (Å²) in [6.07, 6.45) is 2.04. The van der Waals surface area contributed by atoms with Crippen LogP contribution in [0.5, 0.6) is 0 Å². The van der Waals surface area contributed by atoms with Gasteiger partial charge in [0.05, 0.1) is 11.6 Å². The predicted octanol–water partition coefficient (Wildman–Crippen LogP) is 3.08. The standard InChI is InChI=1S/C21H26N4O2S/c1-3-14-7-5-6-8-17(14)25-12-15(11-19(25)26)20(27)23-21-22-16-9-10-24(4-2)13-18(16)28-21/h5-8,15H,3-4,9-13H2,1-2H3,(H,22,23,27). The summed E-state index contributed by atoms with van der Waals surface area (Å²) in [6.45, 7) is 7.61. The van der Waals surface area contributed by atoms with Crippen molar-refractivity contribution >= 4 is 34.0 Å². The largest absolute Gasteiger partial charge is 0.311 e. The number of anilines is 2. The van der Waals surface area contributed by atoms with Gasteiger partial charge >= 0.3 is 0 Å². The van der Waals surface area contributed by atoms with Gasteiger partial charge in [0, 0.05) is 43.0 Å². The van der Waals surface area contributed by atoms with Gasteiger partial charge in [-0.2, -0.15) is 0 Å². The number of nitrogens with one attached hydrogen (secondary N) is 1. The molecular weight excluding hydrogens is 372 g/mol. The molecule has 1 atom stereocenters. The summed E-state index contributed by atoms with van der Waals surface area (Å²) in [5.41, 5.74) is 3.16. The number of fused-ring (bicyclic) bond motifs is 1. The minimum atomic E-state index is -0.342.